The Hall–Kier alpha value is -4.13. The normalized spacial score (nSPS) is 15.5. The van der Waals surface area contributed by atoms with Crippen molar-refractivity contribution in [3.63, 3.8) is 0 Å². The lowest BCUT2D eigenvalue weighted by Gasteiger charge is -2.34. The Morgan fingerprint density at radius 3 is 2.45 bits per heavy atom. The Morgan fingerprint density at radius 1 is 1.21 bits per heavy atom. The molecule has 0 radical (unpaired) electrons. The van der Waals surface area contributed by atoms with Crippen molar-refractivity contribution in [3.8, 4) is 23.5 Å². The van der Waals surface area contributed by atoms with Gasteiger partial charge in [-0.2, -0.15) is 13.2 Å². The van der Waals surface area contributed by atoms with Crippen molar-refractivity contribution in [2.45, 2.75) is 70.9 Å². The average molecular weight is 617 g/mol. The van der Waals surface area contributed by atoms with Gasteiger partial charge in [-0.1, -0.05) is 11.8 Å². The van der Waals surface area contributed by atoms with E-state index in [4.69, 9.17) is 9.47 Å². The predicted octanol–water partition coefficient (Wildman–Crippen LogP) is 4.26. The zero-order valence-electron chi connectivity index (χ0n) is 23.7. The van der Waals surface area contributed by atoms with Gasteiger partial charge in [0.05, 0.1) is 18.8 Å². The topological polar surface area (TPSA) is 149 Å². The van der Waals surface area contributed by atoms with Crippen LogP contribution in [0.5, 0.6) is 11.6 Å². The first kappa shape index (κ1) is 32.4. The van der Waals surface area contributed by atoms with E-state index in [0.29, 0.717) is 20.4 Å². The van der Waals surface area contributed by atoms with Gasteiger partial charge < -0.3 is 19.3 Å². The van der Waals surface area contributed by atoms with E-state index in [1.807, 2.05) is 0 Å². The summed E-state index contributed by atoms with van der Waals surface area (Å²) in [7, 11) is -4.45. The van der Waals surface area contributed by atoms with Crippen LogP contribution in [-0.2, 0) is 26.1 Å². The van der Waals surface area contributed by atoms with E-state index in [1.54, 1.807) is 13.8 Å². The van der Waals surface area contributed by atoms with Crippen LogP contribution >= 0.6 is 0 Å². The maximum atomic E-state index is 14.0. The molecule has 1 aromatic heterocycles. The summed E-state index contributed by atoms with van der Waals surface area (Å²) >= 11 is 0. The van der Waals surface area contributed by atoms with E-state index in [2.05, 4.69) is 27.0 Å². The molecular formula is C26H31F3N4O8S. The Labute approximate surface area is 240 Å². The molecule has 230 valence electrons. The monoisotopic (exact) mass is 616 g/mol. The van der Waals surface area contributed by atoms with Gasteiger partial charge in [0.15, 0.2) is 11.0 Å². The second-order valence-corrected chi connectivity index (χ2v) is 12.0. The number of benzene rings is 1. The molecule has 2 heterocycles. The number of carboxylic acid groups (broad SMARTS) is 1. The number of halogens is 3. The second-order valence-electron chi connectivity index (χ2n) is 10.1. The fourth-order valence-corrected chi connectivity index (χ4v) is 5.00. The zero-order chi connectivity index (χ0) is 31.7. The lowest BCUT2D eigenvalue weighted by molar-refractivity contribution is -0.242. The number of carboxylic acids is 1. The van der Waals surface area contributed by atoms with Crippen molar-refractivity contribution < 1.29 is 50.5 Å². The number of carbonyl (C=O) groups is 2. The Morgan fingerprint density at radius 2 is 1.88 bits per heavy atom. The molecule has 0 aliphatic carbocycles. The molecule has 2 aromatic rings. The highest BCUT2D eigenvalue weighted by Gasteiger charge is 2.51. The van der Waals surface area contributed by atoms with Crippen LogP contribution in [0.4, 0.5) is 29.3 Å². The van der Waals surface area contributed by atoms with Gasteiger partial charge in [-0.3, -0.25) is 19.1 Å². The minimum atomic E-state index is -4.84. The number of hydrogen-bond acceptors (Lipinski definition) is 8. The molecule has 0 bridgehead atoms. The molecule has 0 saturated carbocycles. The minimum Gasteiger partial charge on any atom is -0.480 e. The number of alkyl halides is 3. The molecule has 2 N–H and O–H groups in total. The zero-order valence-corrected chi connectivity index (χ0v) is 24.5. The van der Waals surface area contributed by atoms with E-state index in [9.17, 15) is 36.3 Å². The number of aliphatic carboxylic acids is 1. The van der Waals surface area contributed by atoms with Crippen molar-refractivity contribution >= 4 is 33.5 Å². The summed E-state index contributed by atoms with van der Waals surface area (Å²) in [6.45, 7) is 7.55. The molecule has 16 heteroatoms. The molecule has 0 spiro atoms. The summed E-state index contributed by atoms with van der Waals surface area (Å²) < 4.78 is 85.7. The lowest BCUT2D eigenvalue weighted by Crippen LogP contribution is -2.44. The van der Waals surface area contributed by atoms with Gasteiger partial charge in [-0.15, -0.1) is 5.10 Å². The fourth-order valence-electron chi connectivity index (χ4n) is 3.46. The van der Waals surface area contributed by atoms with Gasteiger partial charge in [0.25, 0.3) is 15.9 Å². The molecule has 12 nitrogen and oxygen atoms in total. The van der Waals surface area contributed by atoms with Crippen LogP contribution in [0.1, 0.15) is 41.5 Å². The maximum absolute atomic E-state index is 14.0. The van der Waals surface area contributed by atoms with Crippen LogP contribution in [0.3, 0.4) is 0 Å². The summed E-state index contributed by atoms with van der Waals surface area (Å²) in [6, 6.07) is 3.74. The maximum Gasteiger partial charge on any atom is 0.427 e. The summed E-state index contributed by atoms with van der Waals surface area (Å²) in [5, 5.41) is 15.7. The van der Waals surface area contributed by atoms with Crippen LogP contribution in [0, 0.1) is 17.3 Å². The number of sulfonamides is 1. The van der Waals surface area contributed by atoms with Crippen molar-refractivity contribution in [1.82, 2.24) is 9.78 Å². The van der Waals surface area contributed by atoms with E-state index in [-0.39, 0.29) is 34.5 Å². The molecule has 3 rings (SSSR count). The molecule has 1 unspecified atom stereocenters. The van der Waals surface area contributed by atoms with Gasteiger partial charge in [0.1, 0.15) is 11.2 Å². The third-order valence-electron chi connectivity index (χ3n) is 6.06. The van der Waals surface area contributed by atoms with Gasteiger partial charge in [0.2, 0.25) is 5.60 Å². The quantitative estimate of drug-likeness (QED) is 0.415. The second kappa shape index (κ2) is 11.6. The van der Waals surface area contributed by atoms with E-state index < -0.39 is 51.9 Å². The summed E-state index contributed by atoms with van der Waals surface area (Å²) in [6.07, 6.45) is -6.10. The number of carbonyl (C=O) groups excluding carboxylic acids is 1. The first-order valence-corrected chi connectivity index (χ1v) is 14.1. The molecule has 1 aliphatic rings. The number of ether oxygens (including phenoxy) is 3. The first-order valence-electron chi connectivity index (χ1n) is 12.7. The number of nitrogens with zero attached hydrogens (tertiary/aromatic N) is 3. The third-order valence-corrected chi connectivity index (χ3v) is 7.82. The van der Waals surface area contributed by atoms with Gasteiger partial charge >= 0.3 is 18.2 Å². The molecule has 1 amide bonds. The Balaban J connectivity index is 2.08. The molecular weight excluding hydrogens is 585 g/mol. The van der Waals surface area contributed by atoms with E-state index in [0.717, 1.165) is 4.31 Å². The standard InChI is InChI=1S/C26H31F3N4O8S/c1-7-32-15-20(21(31-32)39-8-2)42(37,38)33-14-17(11-12-24(3,4)22(34)35)40-19-10-9-16(13-18(19)33)30-23(36)41-25(5,6)26(27,28)29/h9-10,13,15,17H,7-8,14H2,1-6H3,(H,30,36)(H,34,35). The number of nitrogens with one attached hydrogen (secondary N) is 1. The smallest absolute Gasteiger partial charge is 0.427 e. The highest BCUT2D eigenvalue weighted by molar-refractivity contribution is 7.93. The molecule has 1 atom stereocenters. The number of rotatable bonds is 8. The van der Waals surface area contributed by atoms with Gasteiger partial charge in [-0.25, -0.2) is 13.2 Å². The van der Waals surface area contributed by atoms with Crippen LogP contribution in [-0.4, -0.2) is 66.4 Å². The van der Waals surface area contributed by atoms with Crippen molar-refractivity contribution in [2.24, 2.45) is 5.41 Å². The number of amides is 1. The largest absolute Gasteiger partial charge is 0.480 e. The Bertz CT molecular complexity index is 1520. The molecule has 1 aromatic carbocycles. The number of hydrogen-bond donors (Lipinski definition) is 2. The summed E-state index contributed by atoms with van der Waals surface area (Å²) in [5.74, 6) is 3.90. The Kier molecular flexibility index (Phi) is 8.97. The molecule has 1 aliphatic heterocycles. The molecule has 0 saturated heterocycles. The number of anilines is 2. The van der Waals surface area contributed by atoms with Crippen LogP contribution in [0.15, 0.2) is 29.3 Å². The van der Waals surface area contributed by atoms with Crippen molar-refractivity contribution in [1.29, 1.82) is 0 Å². The number of aryl methyl sites for hydroxylation is 1. The highest BCUT2D eigenvalue weighted by Crippen LogP contribution is 2.41. The minimum absolute atomic E-state index is 0.00682. The fraction of sp³-hybridized carbons (Fsp3) is 0.500. The van der Waals surface area contributed by atoms with Crippen molar-refractivity contribution in [3.05, 3.63) is 24.4 Å². The summed E-state index contributed by atoms with van der Waals surface area (Å²) in [5.41, 5.74) is -4.43. The van der Waals surface area contributed by atoms with Crippen molar-refractivity contribution in [2.75, 3.05) is 22.8 Å². The number of aromatic nitrogens is 2. The van der Waals surface area contributed by atoms with E-state index >= 15 is 0 Å². The average Bonchev–Trinajstić information content (AvgIpc) is 3.30. The predicted molar refractivity (Wildman–Crippen MR) is 144 cm³/mol. The van der Waals surface area contributed by atoms with Crippen LogP contribution < -0.4 is 19.1 Å². The van der Waals surface area contributed by atoms with E-state index in [1.165, 1.54) is 42.9 Å². The first-order chi connectivity index (χ1) is 19.3. The van der Waals surface area contributed by atoms with Gasteiger partial charge in [0, 0.05) is 18.4 Å². The highest BCUT2D eigenvalue weighted by atomic mass is 32.2. The SMILES string of the molecule is CCOc1nn(CC)cc1S(=O)(=O)N1CC(C#CC(C)(C)C(=O)O)Oc2ccc(NC(=O)OC(C)(C)C(F)(F)F)cc21. The molecule has 42 heavy (non-hydrogen) atoms. The lowest BCUT2D eigenvalue weighted by atomic mass is 9.94. The van der Waals surface area contributed by atoms with Gasteiger partial charge in [-0.05, 0) is 59.7 Å². The van der Waals surface area contributed by atoms with Crippen LogP contribution in [0.25, 0.3) is 0 Å². The molecule has 0 fully saturated rings. The number of fused-ring (bicyclic) bond motifs is 1. The third kappa shape index (κ3) is 6.84. The summed E-state index contributed by atoms with van der Waals surface area (Å²) in [4.78, 5) is 23.5. The van der Waals surface area contributed by atoms with Crippen LogP contribution in [0.2, 0.25) is 0 Å².